The number of imidazole rings is 1. The van der Waals surface area contributed by atoms with Crippen molar-refractivity contribution in [3.63, 3.8) is 0 Å². The summed E-state index contributed by atoms with van der Waals surface area (Å²) in [6.45, 7) is 3.93. The lowest BCUT2D eigenvalue weighted by molar-refractivity contribution is 0.0684. The summed E-state index contributed by atoms with van der Waals surface area (Å²) in [5.74, 6) is -3.26. The predicted octanol–water partition coefficient (Wildman–Crippen LogP) is 2.00. The molecule has 2 unspecified atom stereocenters. The largest absolute Gasteiger partial charge is 0.335 e. The van der Waals surface area contributed by atoms with Crippen molar-refractivity contribution >= 4 is 10.0 Å². The van der Waals surface area contributed by atoms with Gasteiger partial charge >= 0.3 is 0 Å². The van der Waals surface area contributed by atoms with E-state index in [0.717, 1.165) is 25.2 Å². The Bertz CT molecular complexity index is 685. The van der Waals surface area contributed by atoms with Gasteiger partial charge in [0.2, 0.25) is 10.0 Å². The highest BCUT2D eigenvalue weighted by Crippen LogP contribution is 2.65. The summed E-state index contributed by atoms with van der Waals surface area (Å²) >= 11 is 0. The zero-order valence-corrected chi connectivity index (χ0v) is 14.5. The molecule has 1 aliphatic heterocycles. The molecule has 0 saturated heterocycles. The van der Waals surface area contributed by atoms with Gasteiger partial charge in [-0.1, -0.05) is 13.8 Å². The molecule has 1 aromatic heterocycles. The van der Waals surface area contributed by atoms with Crippen molar-refractivity contribution in [2.24, 2.45) is 17.3 Å². The molecular weight excluding hydrogens is 324 g/mol. The van der Waals surface area contributed by atoms with Crippen LogP contribution in [0.5, 0.6) is 0 Å². The molecule has 5 nitrogen and oxygen atoms in total. The summed E-state index contributed by atoms with van der Waals surface area (Å²) in [4.78, 5) is 4.25. The summed E-state index contributed by atoms with van der Waals surface area (Å²) in [5.41, 5.74) is -1.22. The maximum absolute atomic E-state index is 13.7. The molecule has 1 saturated carbocycles. The van der Waals surface area contributed by atoms with Crippen molar-refractivity contribution in [2.75, 3.05) is 19.3 Å². The third kappa shape index (κ3) is 2.80. The van der Waals surface area contributed by atoms with Gasteiger partial charge in [-0.3, -0.25) is 0 Å². The lowest BCUT2D eigenvalue weighted by Crippen LogP contribution is -2.37. The van der Waals surface area contributed by atoms with E-state index in [0.29, 0.717) is 6.54 Å². The number of fused-ring (bicyclic) bond motifs is 1. The van der Waals surface area contributed by atoms with Gasteiger partial charge in [-0.05, 0) is 12.3 Å². The Hall–Kier alpha value is -1.02. The maximum atomic E-state index is 13.7. The molecule has 0 bridgehead atoms. The number of alkyl halides is 2. The number of rotatable bonds is 5. The molecule has 1 aliphatic carbocycles. The molecule has 2 heterocycles. The first kappa shape index (κ1) is 16.8. The fraction of sp³-hybridized carbons (Fsp3) is 0.800. The van der Waals surface area contributed by atoms with Crippen LogP contribution in [0.1, 0.15) is 26.1 Å². The highest BCUT2D eigenvalue weighted by Gasteiger charge is 2.75. The van der Waals surface area contributed by atoms with Crippen molar-refractivity contribution in [2.45, 2.75) is 39.2 Å². The van der Waals surface area contributed by atoms with Crippen LogP contribution in [-0.2, 0) is 23.0 Å². The number of sulfonamides is 1. The molecule has 0 spiro atoms. The minimum Gasteiger partial charge on any atom is -0.335 e. The maximum Gasteiger partial charge on any atom is 0.258 e. The number of hydrogen-bond donors (Lipinski definition) is 0. The molecule has 1 aromatic rings. The molecule has 8 heteroatoms. The van der Waals surface area contributed by atoms with Gasteiger partial charge in [-0.25, -0.2) is 26.5 Å². The van der Waals surface area contributed by atoms with Crippen molar-refractivity contribution < 1.29 is 17.2 Å². The normalized spacial score (nSPS) is 28.6. The lowest BCUT2D eigenvalue weighted by Gasteiger charge is -2.27. The van der Waals surface area contributed by atoms with Gasteiger partial charge in [-0.2, -0.15) is 0 Å². The quantitative estimate of drug-likeness (QED) is 0.819. The predicted molar refractivity (Wildman–Crippen MR) is 82.7 cm³/mol. The van der Waals surface area contributed by atoms with Crippen LogP contribution < -0.4 is 0 Å². The standard InChI is InChI=1S/C15H23F2N3O2S/c1-14(2)12(15(14,16)17)10-23(21,22)19(3)8-11-4-5-13-18-6-7-20(13)9-11/h6-7,11-12H,4-5,8-10H2,1-3H3. The molecule has 0 N–H and O–H groups in total. The van der Waals surface area contributed by atoms with Crippen molar-refractivity contribution in [3.8, 4) is 0 Å². The SMILES string of the molecule is CN(CC1CCc2nccn2C1)S(=O)(=O)CC1C(C)(C)C1(F)F. The van der Waals surface area contributed by atoms with E-state index in [1.54, 1.807) is 6.20 Å². The van der Waals surface area contributed by atoms with E-state index >= 15 is 0 Å². The van der Waals surface area contributed by atoms with Gasteiger partial charge < -0.3 is 4.57 Å². The van der Waals surface area contributed by atoms with Crippen LogP contribution in [0.4, 0.5) is 8.78 Å². The third-order valence-electron chi connectivity index (χ3n) is 5.48. The average molecular weight is 347 g/mol. The number of aryl methyl sites for hydroxylation is 1. The van der Waals surface area contributed by atoms with Gasteiger partial charge in [0, 0.05) is 50.3 Å². The monoisotopic (exact) mass is 347 g/mol. The second-order valence-electron chi connectivity index (χ2n) is 7.36. The second-order valence-corrected chi connectivity index (χ2v) is 9.48. The van der Waals surface area contributed by atoms with Crippen LogP contribution in [0.2, 0.25) is 0 Å². The number of nitrogens with zero attached hydrogens (tertiary/aromatic N) is 3. The zero-order valence-electron chi connectivity index (χ0n) is 13.7. The Morgan fingerprint density at radius 3 is 2.70 bits per heavy atom. The number of aromatic nitrogens is 2. The van der Waals surface area contributed by atoms with Gasteiger partial charge in [0.1, 0.15) is 5.82 Å². The third-order valence-corrected chi connectivity index (χ3v) is 7.34. The molecule has 0 radical (unpaired) electrons. The lowest BCUT2D eigenvalue weighted by atomic mass is 10.00. The minimum absolute atomic E-state index is 0.184. The fourth-order valence-corrected chi connectivity index (χ4v) is 5.21. The smallest absolute Gasteiger partial charge is 0.258 e. The Morgan fingerprint density at radius 1 is 1.43 bits per heavy atom. The van der Waals surface area contributed by atoms with Crippen LogP contribution >= 0.6 is 0 Å². The van der Waals surface area contributed by atoms with Crippen LogP contribution in [0, 0.1) is 17.3 Å². The Morgan fingerprint density at radius 2 is 2.09 bits per heavy atom. The van der Waals surface area contributed by atoms with E-state index in [1.807, 2.05) is 10.8 Å². The topological polar surface area (TPSA) is 55.2 Å². The van der Waals surface area contributed by atoms with Crippen LogP contribution in [-0.4, -0.2) is 47.5 Å². The van der Waals surface area contributed by atoms with E-state index in [9.17, 15) is 17.2 Å². The van der Waals surface area contributed by atoms with Crippen LogP contribution in [0.15, 0.2) is 12.4 Å². The molecule has 0 aromatic carbocycles. The van der Waals surface area contributed by atoms with E-state index in [2.05, 4.69) is 4.98 Å². The Labute approximate surface area is 135 Å². The number of halogens is 2. The Kier molecular flexibility index (Phi) is 3.83. The van der Waals surface area contributed by atoms with Crippen LogP contribution in [0.25, 0.3) is 0 Å². The summed E-state index contributed by atoms with van der Waals surface area (Å²) in [6.07, 6.45) is 5.32. The van der Waals surface area contributed by atoms with Gasteiger partial charge in [-0.15, -0.1) is 0 Å². The van der Waals surface area contributed by atoms with Crippen molar-refractivity contribution in [3.05, 3.63) is 18.2 Å². The van der Waals surface area contributed by atoms with Crippen molar-refractivity contribution in [1.29, 1.82) is 0 Å². The van der Waals surface area contributed by atoms with Gasteiger partial charge in [0.25, 0.3) is 5.92 Å². The van der Waals surface area contributed by atoms with Crippen molar-refractivity contribution in [1.82, 2.24) is 13.9 Å². The van der Waals surface area contributed by atoms with E-state index < -0.39 is 33.0 Å². The zero-order chi connectivity index (χ0) is 17.0. The molecular formula is C15H23F2N3O2S. The van der Waals surface area contributed by atoms with E-state index in [4.69, 9.17) is 0 Å². The molecule has 0 amide bonds. The van der Waals surface area contributed by atoms with E-state index in [-0.39, 0.29) is 5.92 Å². The molecule has 3 rings (SSSR count). The second kappa shape index (κ2) is 5.24. The van der Waals surface area contributed by atoms with Gasteiger partial charge in [0.15, 0.2) is 0 Å². The first-order valence-electron chi connectivity index (χ1n) is 7.87. The molecule has 130 valence electrons. The molecule has 2 aliphatic rings. The highest BCUT2D eigenvalue weighted by atomic mass is 32.2. The first-order chi connectivity index (χ1) is 10.6. The fourth-order valence-electron chi connectivity index (χ4n) is 3.47. The van der Waals surface area contributed by atoms with E-state index in [1.165, 1.54) is 25.2 Å². The summed E-state index contributed by atoms with van der Waals surface area (Å²) in [6, 6.07) is 0. The summed E-state index contributed by atoms with van der Waals surface area (Å²) in [7, 11) is -2.18. The number of hydrogen-bond acceptors (Lipinski definition) is 3. The highest BCUT2D eigenvalue weighted by molar-refractivity contribution is 7.89. The Balaban J connectivity index is 1.61. The summed E-state index contributed by atoms with van der Waals surface area (Å²) < 4.78 is 55.4. The van der Waals surface area contributed by atoms with Crippen LogP contribution in [0.3, 0.4) is 0 Å². The average Bonchev–Trinajstić information content (AvgIpc) is 2.84. The molecule has 23 heavy (non-hydrogen) atoms. The minimum atomic E-state index is -3.67. The molecule has 1 fully saturated rings. The summed E-state index contributed by atoms with van der Waals surface area (Å²) in [5, 5.41) is 0. The molecule has 2 atom stereocenters. The van der Waals surface area contributed by atoms with Gasteiger partial charge in [0.05, 0.1) is 5.75 Å². The first-order valence-corrected chi connectivity index (χ1v) is 9.48.